The van der Waals surface area contributed by atoms with Crippen molar-refractivity contribution in [2.75, 3.05) is 25.0 Å². The Morgan fingerprint density at radius 3 is 3.04 bits per heavy atom. The van der Waals surface area contributed by atoms with Gasteiger partial charge >= 0.3 is 0 Å². The molecule has 0 spiro atoms. The molecular formula is C19H27N3O2. The fourth-order valence-electron chi connectivity index (χ4n) is 4.10. The Morgan fingerprint density at radius 1 is 1.33 bits per heavy atom. The molecule has 1 heterocycles. The molecule has 2 amide bonds. The van der Waals surface area contributed by atoms with Crippen molar-refractivity contribution in [3.8, 4) is 0 Å². The van der Waals surface area contributed by atoms with Crippen LogP contribution in [0.1, 0.15) is 38.2 Å². The standard InChI is InChI=1S/C19H27N3O2/c1-2-14-6-5-8-16(10-14)22-17(23)12-21-18(24)19-9-4-3-7-15(19)11-20-13-19/h5-6,8,10,15,20H,2-4,7,9,11-13H2,1H3,(H,21,24)(H,22,23)/t15-,19+/m0/s1. The minimum Gasteiger partial charge on any atom is -0.346 e. The van der Waals surface area contributed by atoms with E-state index in [1.807, 2.05) is 24.3 Å². The predicted octanol–water partition coefficient (Wildman–Crippen LogP) is 2.08. The van der Waals surface area contributed by atoms with E-state index >= 15 is 0 Å². The molecule has 1 aliphatic carbocycles. The molecule has 1 aliphatic heterocycles. The number of aryl methyl sites for hydroxylation is 1. The minimum atomic E-state index is -0.305. The normalized spacial score (nSPS) is 25.8. The molecule has 2 fully saturated rings. The third-order valence-corrected chi connectivity index (χ3v) is 5.52. The molecule has 1 saturated heterocycles. The van der Waals surface area contributed by atoms with Crippen LogP contribution in [0.5, 0.6) is 0 Å². The molecule has 3 N–H and O–H groups in total. The van der Waals surface area contributed by atoms with Crippen LogP contribution in [0.25, 0.3) is 0 Å². The van der Waals surface area contributed by atoms with Gasteiger partial charge < -0.3 is 16.0 Å². The number of nitrogens with one attached hydrogen (secondary N) is 3. The van der Waals surface area contributed by atoms with E-state index in [0.717, 1.165) is 44.5 Å². The summed E-state index contributed by atoms with van der Waals surface area (Å²) < 4.78 is 0. The molecule has 1 aromatic rings. The zero-order valence-electron chi connectivity index (χ0n) is 14.4. The summed E-state index contributed by atoms with van der Waals surface area (Å²) in [6.07, 6.45) is 5.27. The molecular weight excluding hydrogens is 302 g/mol. The molecule has 0 unspecified atom stereocenters. The first-order valence-corrected chi connectivity index (χ1v) is 9.02. The highest BCUT2D eigenvalue weighted by atomic mass is 16.2. The lowest BCUT2D eigenvalue weighted by Gasteiger charge is -2.37. The summed E-state index contributed by atoms with van der Waals surface area (Å²) in [7, 11) is 0. The van der Waals surface area contributed by atoms with Gasteiger partial charge in [-0.25, -0.2) is 0 Å². The van der Waals surface area contributed by atoms with Crippen molar-refractivity contribution >= 4 is 17.5 Å². The minimum absolute atomic E-state index is 0.0314. The van der Waals surface area contributed by atoms with E-state index in [0.29, 0.717) is 5.92 Å². The monoisotopic (exact) mass is 329 g/mol. The molecule has 0 aromatic heterocycles. The average molecular weight is 329 g/mol. The first-order valence-electron chi connectivity index (χ1n) is 9.02. The molecule has 0 radical (unpaired) electrons. The topological polar surface area (TPSA) is 70.2 Å². The summed E-state index contributed by atoms with van der Waals surface area (Å²) in [4.78, 5) is 24.9. The van der Waals surface area contributed by atoms with Crippen molar-refractivity contribution in [1.82, 2.24) is 10.6 Å². The smallest absolute Gasteiger partial charge is 0.243 e. The zero-order chi connectivity index (χ0) is 17.0. The fourth-order valence-corrected chi connectivity index (χ4v) is 4.10. The van der Waals surface area contributed by atoms with Crippen molar-refractivity contribution in [2.45, 2.75) is 39.0 Å². The van der Waals surface area contributed by atoms with Gasteiger partial charge in [0, 0.05) is 12.2 Å². The van der Waals surface area contributed by atoms with Gasteiger partial charge in [-0.1, -0.05) is 31.9 Å². The maximum Gasteiger partial charge on any atom is 0.243 e. The van der Waals surface area contributed by atoms with Gasteiger partial charge in [0.2, 0.25) is 11.8 Å². The number of rotatable bonds is 5. The summed E-state index contributed by atoms with van der Waals surface area (Å²) in [5.74, 6) is 0.275. The molecule has 5 heteroatoms. The van der Waals surface area contributed by atoms with E-state index in [4.69, 9.17) is 0 Å². The third kappa shape index (κ3) is 3.46. The fraction of sp³-hybridized carbons (Fsp3) is 0.579. The van der Waals surface area contributed by atoms with E-state index in [1.165, 1.54) is 12.0 Å². The zero-order valence-corrected chi connectivity index (χ0v) is 14.4. The van der Waals surface area contributed by atoms with Crippen molar-refractivity contribution in [1.29, 1.82) is 0 Å². The first-order chi connectivity index (χ1) is 11.6. The van der Waals surface area contributed by atoms with Crippen molar-refractivity contribution < 1.29 is 9.59 Å². The Morgan fingerprint density at radius 2 is 2.21 bits per heavy atom. The van der Waals surface area contributed by atoms with Crippen molar-refractivity contribution in [3.05, 3.63) is 29.8 Å². The highest BCUT2D eigenvalue weighted by Gasteiger charge is 2.49. The Hall–Kier alpha value is -1.88. The summed E-state index contributed by atoms with van der Waals surface area (Å²) in [5.41, 5.74) is 1.66. The van der Waals surface area contributed by atoms with Crippen LogP contribution in [0.3, 0.4) is 0 Å². The van der Waals surface area contributed by atoms with Gasteiger partial charge in [-0.05, 0) is 49.4 Å². The molecule has 1 aromatic carbocycles. The van der Waals surface area contributed by atoms with Crippen LogP contribution in [0.15, 0.2) is 24.3 Å². The molecule has 2 atom stereocenters. The number of fused-ring (bicyclic) bond motifs is 1. The molecule has 5 nitrogen and oxygen atoms in total. The lowest BCUT2D eigenvalue weighted by Crippen LogP contribution is -2.49. The van der Waals surface area contributed by atoms with Crippen LogP contribution in [-0.2, 0) is 16.0 Å². The van der Waals surface area contributed by atoms with Crippen LogP contribution < -0.4 is 16.0 Å². The van der Waals surface area contributed by atoms with Gasteiger partial charge in [0.25, 0.3) is 0 Å². The average Bonchev–Trinajstić information content (AvgIpc) is 3.05. The largest absolute Gasteiger partial charge is 0.346 e. The summed E-state index contributed by atoms with van der Waals surface area (Å²) in [5, 5.41) is 9.10. The van der Waals surface area contributed by atoms with Gasteiger partial charge in [0.05, 0.1) is 12.0 Å². The number of amides is 2. The van der Waals surface area contributed by atoms with Gasteiger partial charge in [-0.15, -0.1) is 0 Å². The highest BCUT2D eigenvalue weighted by Crippen LogP contribution is 2.43. The summed E-state index contributed by atoms with van der Waals surface area (Å²) >= 11 is 0. The van der Waals surface area contributed by atoms with Gasteiger partial charge in [-0.2, -0.15) is 0 Å². The van der Waals surface area contributed by atoms with Gasteiger partial charge in [0.1, 0.15) is 0 Å². The predicted molar refractivity (Wildman–Crippen MR) is 94.7 cm³/mol. The maximum absolute atomic E-state index is 12.7. The first kappa shape index (κ1) is 17.0. The number of carbonyl (C=O) groups is 2. The van der Waals surface area contributed by atoms with E-state index in [9.17, 15) is 9.59 Å². The van der Waals surface area contributed by atoms with Crippen LogP contribution in [0.2, 0.25) is 0 Å². The van der Waals surface area contributed by atoms with Crippen LogP contribution >= 0.6 is 0 Å². The van der Waals surface area contributed by atoms with Crippen LogP contribution in [0, 0.1) is 11.3 Å². The lowest BCUT2D eigenvalue weighted by atomic mass is 9.67. The second-order valence-electron chi connectivity index (χ2n) is 7.01. The van der Waals surface area contributed by atoms with Gasteiger partial charge in [-0.3, -0.25) is 9.59 Å². The SMILES string of the molecule is CCc1cccc(NC(=O)CNC(=O)[C@@]23CCCC[C@H]2CNC3)c1. The summed E-state index contributed by atoms with van der Waals surface area (Å²) in [6.45, 7) is 3.77. The number of carbonyl (C=O) groups excluding carboxylic acids is 2. The summed E-state index contributed by atoms with van der Waals surface area (Å²) in [6, 6.07) is 7.81. The second-order valence-corrected chi connectivity index (χ2v) is 7.01. The van der Waals surface area contributed by atoms with Gasteiger partial charge in [0.15, 0.2) is 0 Å². The number of hydrogen-bond acceptors (Lipinski definition) is 3. The maximum atomic E-state index is 12.7. The number of anilines is 1. The molecule has 0 bridgehead atoms. The molecule has 130 valence electrons. The van der Waals surface area contributed by atoms with E-state index in [1.54, 1.807) is 0 Å². The van der Waals surface area contributed by atoms with E-state index in [2.05, 4.69) is 22.9 Å². The second kappa shape index (κ2) is 7.34. The highest BCUT2D eigenvalue weighted by molar-refractivity contribution is 5.95. The third-order valence-electron chi connectivity index (χ3n) is 5.52. The van der Waals surface area contributed by atoms with Crippen LogP contribution in [-0.4, -0.2) is 31.4 Å². The van der Waals surface area contributed by atoms with E-state index in [-0.39, 0.29) is 23.8 Å². The molecule has 1 saturated carbocycles. The molecule has 24 heavy (non-hydrogen) atoms. The molecule has 3 rings (SSSR count). The van der Waals surface area contributed by atoms with Crippen molar-refractivity contribution in [2.24, 2.45) is 11.3 Å². The molecule has 2 aliphatic rings. The van der Waals surface area contributed by atoms with Crippen LogP contribution in [0.4, 0.5) is 5.69 Å². The lowest BCUT2D eigenvalue weighted by molar-refractivity contribution is -0.135. The number of hydrogen-bond donors (Lipinski definition) is 3. The Labute approximate surface area is 143 Å². The van der Waals surface area contributed by atoms with Crippen molar-refractivity contribution in [3.63, 3.8) is 0 Å². The Balaban J connectivity index is 1.55. The van der Waals surface area contributed by atoms with E-state index < -0.39 is 0 Å². The Bertz CT molecular complexity index is 616. The Kier molecular flexibility index (Phi) is 5.19. The quantitative estimate of drug-likeness (QED) is 0.775. The number of benzene rings is 1.